The molecule has 1 amide bonds. The van der Waals surface area contributed by atoms with Crippen molar-refractivity contribution in [3.05, 3.63) is 29.8 Å². The molecule has 0 saturated carbocycles. The van der Waals surface area contributed by atoms with Crippen molar-refractivity contribution in [2.24, 2.45) is 11.7 Å². The molecule has 1 aliphatic rings. The normalized spacial score (nSPS) is 19.9. The lowest BCUT2D eigenvalue weighted by atomic mass is 10.1. The molecule has 1 aromatic rings. The summed E-state index contributed by atoms with van der Waals surface area (Å²) >= 11 is 0. The van der Waals surface area contributed by atoms with Crippen LogP contribution in [-0.2, 0) is 4.79 Å². The standard InChI is InChI=1S/C15H20F2N2O2/c1-9(2)14(15(20)19-6-5-11(18)8-19)21-13-4-3-10(16)7-12(13)17/h3-4,7,9,11,14H,5-6,8,18H2,1-2H3/t11-,14?/m1/s1. The van der Waals surface area contributed by atoms with E-state index in [1.54, 1.807) is 4.90 Å². The van der Waals surface area contributed by atoms with E-state index in [0.29, 0.717) is 13.1 Å². The third-order valence-electron chi connectivity index (χ3n) is 3.53. The number of ether oxygens (including phenoxy) is 1. The second kappa shape index (κ2) is 6.39. The molecular weight excluding hydrogens is 278 g/mol. The summed E-state index contributed by atoms with van der Waals surface area (Å²) in [4.78, 5) is 14.1. The third kappa shape index (κ3) is 3.69. The fraction of sp³-hybridized carbons (Fsp3) is 0.533. The molecule has 1 aromatic carbocycles. The van der Waals surface area contributed by atoms with Gasteiger partial charge in [-0.05, 0) is 24.5 Å². The van der Waals surface area contributed by atoms with Crippen molar-refractivity contribution in [3.8, 4) is 5.75 Å². The number of rotatable bonds is 4. The minimum Gasteiger partial charge on any atom is -0.477 e. The molecule has 1 saturated heterocycles. The van der Waals surface area contributed by atoms with E-state index in [4.69, 9.17) is 10.5 Å². The Bertz CT molecular complexity index is 522. The van der Waals surface area contributed by atoms with Gasteiger partial charge in [0.05, 0.1) is 0 Å². The maximum Gasteiger partial charge on any atom is 0.263 e. The van der Waals surface area contributed by atoms with Crippen LogP contribution in [-0.4, -0.2) is 36.0 Å². The summed E-state index contributed by atoms with van der Waals surface area (Å²) in [5.74, 6) is -1.96. The van der Waals surface area contributed by atoms with Gasteiger partial charge in [-0.3, -0.25) is 4.79 Å². The fourth-order valence-electron chi connectivity index (χ4n) is 2.35. The molecule has 116 valence electrons. The van der Waals surface area contributed by atoms with Gasteiger partial charge in [0.2, 0.25) is 0 Å². The van der Waals surface area contributed by atoms with Crippen molar-refractivity contribution in [3.63, 3.8) is 0 Å². The fourth-order valence-corrected chi connectivity index (χ4v) is 2.35. The lowest BCUT2D eigenvalue weighted by Gasteiger charge is -2.26. The summed E-state index contributed by atoms with van der Waals surface area (Å²) in [5, 5.41) is 0. The maximum atomic E-state index is 13.7. The first-order valence-corrected chi connectivity index (χ1v) is 7.04. The molecule has 2 atom stereocenters. The van der Waals surface area contributed by atoms with E-state index < -0.39 is 17.7 Å². The molecular formula is C15H20F2N2O2. The highest BCUT2D eigenvalue weighted by molar-refractivity contribution is 5.82. The van der Waals surface area contributed by atoms with E-state index in [0.717, 1.165) is 18.6 Å². The van der Waals surface area contributed by atoms with Crippen molar-refractivity contribution in [2.45, 2.75) is 32.4 Å². The van der Waals surface area contributed by atoms with Crippen LogP contribution in [0.3, 0.4) is 0 Å². The van der Waals surface area contributed by atoms with E-state index in [-0.39, 0.29) is 23.6 Å². The van der Waals surface area contributed by atoms with Crippen LogP contribution in [0.25, 0.3) is 0 Å². The van der Waals surface area contributed by atoms with Crippen LogP contribution >= 0.6 is 0 Å². The number of nitrogens with zero attached hydrogens (tertiary/aromatic N) is 1. The maximum absolute atomic E-state index is 13.7. The first-order chi connectivity index (χ1) is 9.88. The zero-order chi connectivity index (χ0) is 15.6. The zero-order valence-electron chi connectivity index (χ0n) is 12.2. The topological polar surface area (TPSA) is 55.6 Å². The van der Waals surface area contributed by atoms with Gasteiger partial charge in [-0.2, -0.15) is 0 Å². The van der Waals surface area contributed by atoms with Crippen LogP contribution in [0.5, 0.6) is 5.75 Å². The van der Waals surface area contributed by atoms with Crippen LogP contribution in [0.2, 0.25) is 0 Å². The quantitative estimate of drug-likeness (QED) is 0.924. The van der Waals surface area contributed by atoms with Gasteiger partial charge in [-0.15, -0.1) is 0 Å². The summed E-state index contributed by atoms with van der Waals surface area (Å²) in [6.07, 6.45) is -0.0585. The van der Waals surface area contributed by atoms with Crippen molar-refractivity contribution in [1.29, 1.82) is 0 Å². The third-order valence-corrected chi connectivity index (χ3v) is 3.53. The number of benzene rings is 1. The van der Waals surface area contributed by atoms with E-state index >= 15 is 0 Å². The monoisotopic (exact) mass is 298 g/mol. The highest BCUT2D eigenvalue weighted by Gasteiger charge is 2.33. The van der Waals surface area contributed by atoms with E-state index in [9.17, 15) is 13.6 Å². The average molecular weight is 298 g/mol. The highest BCUT2D eigenvalue weighted by atomic mass is 19.1. The van der Waals surface area contributed by atoms with Gasteiger partial charge in [0.25, 0.3) is 5.91 Å². The average Bonchev–Trinajstić information content (AvgIpc) is 2.83. The van der Waals surface area contributed by atoms with E-state index in [1.807, 2.05) is 13.8 Å². The summed E-state index contributed by atoms with van der Waals surface area (Å²) in [5.41, 5.74) is 5.80. The summed E-state index contributed by atoms with van der Waals surface area (Å²) in [6.45, 7) is 4.70. The number of halogens is 2. The molecule has 1 aliphatic heterocycles. The predicted octanol–water partition coefficient (Wildman–Crippen LogP) is 1.93. The Morgan fingerprint density at radius 2 is 2.14 bits per heavy atom. The predicted molar refractivity (Wildman–Crippen MR) is 74.8 cm³/mol. The molecule has 21 heavy (non-hydrogen) atoms. The van der Waals surface area contributed by atoms with Gasteiger partial charge in [-0.1, -0.05) is 13.8 Å². The molecule has 1 heterocycles. The molecule has 4 nitrogen and oxygen atoms in total. The molecule has 0 aliphatic carbocycles. The number of nitrogens with two attached hydrogens (primary N) is 1. The Morgan fingerprint density at radius 1 is 1.43 bits per heavy atom. The first kappa shape index (κ1) is 15.7. The number of amides is 1. The Kier molecular flexibility index (Phi) is 4.77. The number of carbonyl (C=O) groups excluding carboxylic acids is 1. The van der Waals surface area contributed by atoms with Crippen molar-refractivity contribution in [2.75, 3.05) is 13.1 Å². The minimum atomic E-state index is -0.813. The second-order valence-electron chi connectivity index (χ2n) is 5.69. The molecule has 0 radical (unpaired) electrons. The van der Waals surface area contributed by atoms with Gasteiger partial charge in [-0.25, -0.2) is 8.78 Å². The molecule has 1 fully saturated rings. The Labute approximate surface area is 122 Å². The van der Waals surface area contributed by atoms with Gasteiger partial charge in [0.1, 0.15) is 5.82 Å². The van der Waals surface area contributed by atoms with Crippen molar-refractivity contribution < 1.29 is 18.3 Å². The lowest BCUT2D eigenvalue weighted by Crippen LogP contribution is -2.44. The minimum absolute atomic E-state index is 0.0238. The molecule has 6 heteroatoms. The number of likely N-dealkylation sites (tertiary alicyclic amines) is 1. The number of carbonyl (C=O) groups is 1. The first-order valence-electron chi connectivity index (χ1n) is 7.04. The Morgan fingerprint density at radius 3 is 2.67 bits per heavy atom. The number of hydrogen-bond acceptors (Lipinski definition) is 3. The smallest absolute Gasteiger partial charge is 0.263 e. The second-order valence-corrected chi connectivity index (χ2v) is 5.69. The van der Waals surface area contributed by atoms with Gasteiger partial charge in [0.15, 0.2) is 17.7 Å². The van der Waals surface area contributed by atoms with Crippen LogP contribution in [0.4, 0.5) is 8.78 Å². The lowest BCUT2D eigenvalue weighted by molar-refractivity contribution is -0.139. The van der Waals surface area contributed by atoms with Crippen molar-refractivity contribution in [1.82, 2.24) is 4.90 Å². The van der Waals surface area contributed by atoms with Crippen LogP contribution in [0.1, 0.15) is 20.3 Å². The van der Waals surface area contributed by atoms with Crippen LogP contribution in [0, 0.1) is 17.6 Å². The molecule has 2 rings (SSSR count). The summed E-state index contributed by atoms with van der Waals surface area (Å²) in [7, 11) is 0. The van der Waals surface area contributed by atoms with Crippen LogP contribution in [0.15, 0.2) is 18.2 Å². The number of hydrogen-bond donors (Lipinski definition) is 1. The Balaban J connectivity index is 2.13. The van der Waals surface area contributed by atoms with Crippen molar-refractivity contribution >= 4 is 5.91 Å². The van der Waals surface area contributed by atoms with E-state index in [2.05, 4.69) is 0 Å². The van der Waals surface area contributed by atoms with Crippen LogP contribution < -0.4 is 10.5 Å². The van der Waals surface area contributed by atoms with E-state index in [1.165, 1.54) is 6.07 Å². The van der Waals surface area contributed by atoms with Gasteiger partial charge >= 0.3 is 0 Å². The molecule has 0 bridgehead atoms. The Hall–Kier alpha value is -1.69. The highest BCUT2D eigenvalue weighted by Crippen LogP contribution is 2.23. The zero-order valence-corrected chi connectivity index (χ0v) is 12.2. The van der Waals surface area contributed by atoms with Gasteiger partial charge in [0, 0.05) is 25.2 Å². The molecule has 2 N–H and O–H groups in total. The molecule has 0 aromatic heterocycles. The summed E-state index contributed by atoms with van der Waals surface area (Å²) in [6, 6.07) is 3.02. The summed E-state index contributed by atoms with van der Waals surface area (Å²) < 4.78 is 32.1. The SMILES string of the molecule is CC(C)C(Oc1ccc(F)cc1F)C(=O)N1CC[C@@H](N)C1. The van der Waals surface area contributed by atoms with Gasteiger partial charge < -0.3 is 15.4 Å². The molecule has 0 spiro atoms. The molecule has 1 unspecified atom stereocenters. The largest absolute Gasteiger partial charge is 0.477 e.